The minimum atomic E-state index is -2.60. The van der Waals surface area contributed by atoms with Crippen LogP contribution in [0.2, 0.25) is 0 Å². The number of carbonyl (C=O) groups is 2. The van der Waals surface area contributed by atoms with Crippen molar-refractivity contribution in [1.82, 2.24) is 4.90 Å². The van der Waals surface area contributed by atoms with E-state index >= 15 is 0 Å². The number of likely N-dealkylation sites (tertiary alicyclic amines) is 1. The first-order chi connectivity index (χ1) is 9.59. The Bertz CT molecular complexity index is 421. The second kappa shape index (κ2) is 5.54. The molecule has 0 aromatic rings. The molecule has 1 unspecified atom stereocenters. The number of nitrogens with zero attached hydrogens (tertiary/aromatic N) is 1. The van der Waals surface area contributed by atoms with Gasteiger partial charge in [0.15, 0.2) is 0 Å². The number of hydrogen-bond donors (Lipinski definition) is 0. The zero-order valence-electron chi connectivity index (χ0n) is 12.8. The van der Waals surface area contributed by atoms with Crippen LogP contribution in [-0.4, -0.2) is 34.5 Å². The van der Waals surface area contributed by atoms with Crippen LogP contribution in [0.15, 0.2) is 0 Å². The number of ether oxygens (including phenoxy) is 1. The molecule has 1 saturated heterocycles. The maximum absolute atomic E-state index is 13.2. The summed E-state index contributed by atoms with van der Waals surface area (Å²) in [5.74, 6) is -2.90. The standard InChI is InChI=1S/C15H23F2NO3/c1-14(2,3)21-13(20)18-11(4-5-12(18)19)10-6-8-15(16,17)9-7-10/h10-11H,4-9H2,1-3H3. The number of imide groups is 1. The molecule has 0 bridgehead atoms. The molecular weight excluding hydrogens is 280 g/mol. The van der Waals surface area contributed by atoms with Crippen molar-refractivity contribution in [2.45, 2.75) is 76.9 Å². The van der Waals surface area contributed by atoms with Crippen LogP contribution in [0.5, 0.6) is 0 Å². The SMILES string of the molecule is CC(C)(C)OC(=O)N1C(=O)CCC1C1CCC(F)(F)CC1. The molecule has 0 aromatic carbocycles. The van der Waals surface area contributed by atoms with Crippen molar-refractivity contribution in [3.05, 3.63) is 0 Å². The van der Waals surface area contributed by atoms with Crippen LogP contribution in [-0.2, 0) is 9.53 Å². The Morgan fingerprint density at radius 1 is 1.24 bits per heavy atom. The third-order valence-corrected chi connectivity index (χ3v) is 4.15. The quantitative estimate of drug-likeness (QED) is 0.741. The maximum Gasteiger partial charge on any atom is 0.417 e. The molecule has 2 aliphatic rings. The van der Waals surface area contributed by atoms with E-state index in [9.17, 15) is 18.4 Å². The largest absolute Gasteiger partial charge is 0.443 e. The van der Waals surface area contributed by atoms with Gasteiger partial charge in [0.25, 0.3) is 0 Å². The molecule has 1 aliphatic carbocycles. The Balaban J connectivity index is 2.05. The molecule has 2 fully saturated rings. The molecular formula is C15H23F2NO3. The van der Waals surface area contributed by atoms with E-state index in [1.54, 1.807) is 20.8 Å². The van der Waals surface area contributed by atoms with Gasteiger partial charge in [-0.2, -0.15) is 0 Å². The van der Waals surface area contributed by atoms with Gasteiger partial charge < -0.3 is 4.74 Å². The molecule has 1 saturated carbocycles. The predicted octanol–water partition coefficient (Wildman–Crippen LogP) is 3.74. The molecule has 21 heavy (non-hydrogen) atoms. The monoisotopic (exact) mass is 303 g/mol. The van der Waals surface area contributed by atoms with Crippen LogP contribution in [0, 0.1) is 5.92 Å². The van der Waals surface area contributed by atoms with Crippen LogP contribution >= 0.6 is 0 Å². The summed E-state index contributed by atoms with van der Waals surface area (Å²) in [5.41, 5.74) is -0.676. The van der Waals surface area contributed by atoms with Crippen LogP contribution < -0.4 is 0 Å². The molecule has 0 N–H and O–H groups in total. The van der Waals surface area contributed by atoms with Crippen LogP contribution in [0.3, 0.4) is 0 Å². The summed E-state index contributed by atoms with van der Waals surface area (Å²) >= 11 is 0. The van der Waals surface area contributed by atoms with E-state index < -0.39 is 17.6 Å². The average Bonchev–Trinajstić information content (AvgIpc) is 2.69. The van der Waals surface area contributed by atoms with Gasteiger partial charge in [-0.05, 0) is 46.0 Å². The predicted molar refractivity (Wildman–Crippen MR) is 73.0 cm³/mol. The molecule has 4 nitrogen and oxygen atoms in total. The minimum Gasteiger partial charge on any atom is -0.443 e. The number of alkyl halides is 2. The van der Waals surface area contributed by atoms with Gasteiger partial charge in [0.05, 0.1) is 0 Å². The van der Waals surface area contributed by atoms with Crippen molar-refractivity contribution < 1.29 is 23.1 Å². The van der Waals surface area contributed by atoms with E-state index in [4.69, 9.17) is 4.74 Å². The highest BCUT2D eigenvalue weighted by Gasteiger charge is 2.45. The Morgan fingerprint density at radius 3 is 2.33 bits per heavy atom. The summed E-state index contributed by atoms with van der Waals surface area (Å²) in [6.07, 6.45) is 0.571. The van der Waals surface area contributed by atoms with Crippen molar-refractivity contribution >= 4 is 12.0 Å². The van der Waals surface area contributed by atoms with Gasteiger partial charge in [0, 0.05) is 25.3 Å². The van der Waals surface area contributed by atoms with Crippen LogP contribution in [0.1, 0.15) is 59.3 Å². The van der Waals surface area contributed by atoms with Crippen molar-refractivity contribution in [2.75, 3.05) is 0 Å². The Labute approximate surface area is 123 Å². The third kappa shape index (κ3) is 3.92. The van der Waals surface area contributed by atoms with Gasteiger partial charge in [0.2, 0.25) is 11.8 Å². The molecule has 120 valence electrons. The number of hydrogen-bond acceptors (Lipinski definition) is 3. The molecule has 1 aliphatic heterocycles. The molecule has 0 aromatic heterocycles. The lowest BCUT2D eigenvalue weighted by molar-refractivity contribution is -0.129. The van der Waals surface area contributed by atoms with Gasteiger partial charge in [0.1, 0.15) is 5.60 Å². The van der Waals surface area contributed by atoms with E-state index in [-0.39, 0.29) is 37.1 Å². The van der Waals surface area contributed by atoms with E-state index in [0.29, 0.717) is 19.3 Å². The average molecular weight is 303 g/mol. The number of carbonyl (C=O) groups excluding carboxylic acids is 2. The molecule has 6 heteroatoms. The Hall–Kier alpha value is -1.20. The topological polar surface area (TPSA) is 46.6 Å². The number of amides is 2. The van der Waals surface area contributed by atoms with Gasteiger partial charge in [-0.15, -0.1) is 0 Å². The summed E-state index contributed by atoms with van der Waals surface area (Å²) in [6.45, 7) is 5.21. The molecule has 2 amide bonds. The highest BCUT2D eigenvalue weighted by atomic mass is 19.3. The molecule has 1 atom stereocenters. The maximum atomic E-state index is 13.2. The third-order valence-electron chi connectivity index (χ3n) is 4.15. The summed E-state index contributed by atoms with van der Waals surface area (Å²) in [4.78, 5) is 25.3. The molecule has 0 radical (unpaired) electrons. The van der Waals surface area contributed by atoms with E-state index in [2.05, 4.69) is 0 Å². The van der Waals surface area contributed by atoms with Crippen molar-refractivity contribution in [2.24, 2.45) is 5.92 Å². The highest BCUT2D eigenvalue weighted by Crippen LogP contribution is 2.41. The lowest BCUT2D eigenvalue weighted by Gasteiger charge is -2.36. The summed E-state index contributed by atoms with van der Waals surface area (Å²) < 4.78 is 31.8. The molecule has 1 heterocycles. The zero-order valence-corrected chi connectivity index (χ0v) is 12.8. The summed E-state index contributed by atoms with van der Waals surface area (Å²) in [5, 5.41) is 0. The normalized spacial score (nSPS) is 27.0. The lowest BCUT2D eigenvalue weighted by Crippen LogP contribution is -2.46. The fraction of sp³-hybridized carbons (Fsp3) is 0.867. The zero-order chi connectivity index (χ0) is 15.8. The lowest BCUT2D eigenvalue weighted by atomic mass is 9.81. The Morgan fingerprint density at radius 2 is 1.81 bits per heavy atom. The van der Waals surface area contributed by atoms with Crippen molar-refractivity contribution in [3.8, 4) is 0 Å². The number of halogens is 2. The Kier molecular flexibility index (Phi) is 4.26. The van der Waals surface area contributed by atoms with Gasteiger partial charge in [-0.3, -0.25) is 4.79 Å². The van der Waals surface area contributed by atoms with Crippen LogP contribution in [0.4, 0.5) is 13.6 Å². The first-order valence-corrected chi connectivity index (χ1v) is 7.52. The van der Waals surface area contributed by atoms with Crippen molar-refractivity contribution in [1.29, 1.82) is 0 Å². The van der Waals surface area contributed by atoms with E-state index in [1.165, 1.54) is 4.90 Å². The fourth-order valence-corrected chi connectivity index (χ4v) is 3.15. The minimum absolute atomic E-state index is 0.0383. The smallest absolute Gasteiger partial charge is 0.417 e. The second-order valence-corrected chi connectivity index (χ2v) is 7.04. The first-order valence-electron chi connectivity index (χ1n) is 7.52. The second-order valence-electron chi connectivity index (χ2n) is 7.04. The van der Waals surface area contributed by atoms with E-state index in [1.807, 2.05) is 0 Å². The fourth-order valence-electron chi connectivity index (χ4n) is 3.15. The van der Waals surface area contributed by atoms with Crippen molar-refractivity contribution in [3.63, 3.8) is 0 Å². The van der Waals surface area contributed by atoms with E-state index in [0.717, 1.165) is 0 Å². The van der Waals surface area contributed by atoms with Gasteiger partial charge in [-0.25, -0.2) is 18.5 Å². The number of rotatable bonds is 1. The first kappa shape index (κ1) is 16.2. The summed E-state index contributed by atoms with van der Waals surface area (Å²) in [7, 11) is 0. The summed E-state index contributed by atoms with van der Waals surface area (Å²) in [6, 6.07) is -0.288. The molecule has 0 spiro atoms. The molecule has 2 rings (SSSR count). The highest BCUT2D eigenvalue weighted by molar-refractivity contribution is 5.94. The van der Waals surface area contributed by atoms with Crippen LogP contribution in [0.25, 0.3) is 0 Å². The van der Waals surface area contributed by atoms with Gasteiger partial charge >= 0.3 is 6.09 Å². The van der Waals surface area contributed by atoms with Gasteiger partial charge in [-0.1, -0.05) is 0 Å².